The van der Waals surface area contributed by atoms with E-state index in [-0.39, 0.29) is 23.8 Å². The molecule has 1 atom stereocenters. The van der Waals surface area contributed by atoms with E-state index in [1.807, 2.05) is 4.90 Å². The van der Waals surface area contributed by atoms with Crippen molar-refractivity contribution in [1.29, 1.82) is 0 Å². The van der Waals surface area contributed by atoms with Crippen molar-refractivity contribution in [2.24, 2.45) is 5.92 Å². The number of hydrogen-bond acceptors (Lipinski definition) is 5. The number of aliphatic carboxylic acids is 1. The maximum Gasteiger partial charge on any atom is 0.311 e. The molecule has 1 N–H and O–H groups in total. The number of carboxylic acids is 1. The van der Waals surface area contributed by atoms with E-state index in [4.69, 9.17) is 9.84 Å². The summed E-state index contributed by atoms with van der Waals surface area (Å²) in [5.74, 6) is -0.421. The fourth-order valence-corrected chi connectivity index (χ4v) is 2.60. The largest absolute Gasteiger partial charge is 0.487 e. The molecule has 1 unspecified atom stereocenters. The zero-order chi connectivity index (χ0) is 15.4. The van der Waals surface area contributed by atoms with E-state index in [0.29, 0.717) is 13.2 Å². The van der Waals surface area contributed by atoms with Crippen molar-refractivity contribution in [3.63, 3.8) is 0 Å². The van der Waals surface area contributed by atoms with Gasteiger partial charge in [-0.2, -0.15) is 0 Å². The number of rotatable bonds is 6. The lowest BCUT2D eigenvalue weighted by atomic mass is 10.1. The van der Waals surface area contributed by atoms with Gasteiger partial charge in [0.25, 0.3) is 0 Å². The molecule has 1 fully saturated rings. The van der Waals surface area contributed by atoms with Gasteiger partial charge in [-0.3, -0.25) is 14.9 Å². The summed E-state index contributed by atoms with van der Waals surface area (Å²) >= 11 is 0. The van der Waals surface area contributed by atoms with E-state index in [1.54, 1.807) is 19.1 Å². The lowest BCUT2D eigenvalue weighted by Crippen LogP contribution is -2.20. The van der Waals surface area contributed by atoms with Crippen LogP contribution in [0.2, 0.25) is 0 Å². The van der Waals surface area contributed by atoms with Gasteiger partial charge in [0.2, 0.25) is 0 Å². The molecule has 21 heavy (non-hydrogen) atoms. The van der Waals surface area contributed by atoms with Gasteiger partial charge in [-0.1, -0.05) is 0 Å². The lowest BCUT2D eigenvalue weighted by molar-refractivity contribution is -0.385. The Hall–Kier alpha value is -2.31. The Labute approximate surface area is 122 Å². The molecule has 0 saturated carbocycles. The van der Waals surface area contributed by atoms with E-state index in [1.165, 1.54) is 6.07 Å². The molecule has 7 nitrogen and oxygen atoms in total. The van der Waals surface area contributed by atoms with Crippen LogP contribution < -0.4 is 9.64 Å². The van der Waals surface area contributed by atoms with Crippen LogP contribution in [0.25, 0.3) is 0 Å². The smallest absolute Gasteiger partial charge is 0.311 e. The van der Waals surface area contributed by atoms with E-state index in [2.05, 4.69) is 0 Å². The zero-order valence-electron chi connectivity index (χ0n) is 11.8. The van der Waals surface area contributed by atoms with Crippen LogP contribution >= 0.6 is 0 Å². The van der Waals surface area contributed by atoms with Gasteiger partial charge in [-0.15, -0.1) is 0 Å². The first-order valence-corrected chi connectivity index (χ1v) is 6.89. The van der Waals surface area contributed by atoms with E-state index < -0.39 is 10.9 Å². The quantitative estimate of drug-likeness (QED) is 0.639. The van der Waals surface area contributed by atoms with Crippen LogP contribution in [0, 0.1) is 16.0 Å². The third-order valence-electron chi connectivity index (χ3n) is 3.55. The molecule has 1 aliphatic heterocycles. The summed E-state index contributed by atoms with van der Waals surface area (Å²) in [4.78, 5) is 23.3. The van der Waals surface area contributed by atoms with Crippen LogP contribution in [0.1, 0.15) is 19.8 Å². The van der Waals surface area contributed by atoms with E-state index >= 15 is 0 Å². The van der Waals surface area contributed by atoms with E-state index in [9.17, 15) is 14.9 Å². The fraction of sp³-hybridized carbons (Fsp3) is 0.500. The molecule has 1 heterocycles. The molecule has 1 aromatic rings. The summed E-state index contributed by atoms with van der Waals surface area (Å²) in [6.07, 6.45) is 0.967. The van der Waals surface area contributed by atoms with Crippen molar-refractivity contribution in [2.75, 3.05) is 24.6 Å². The third kappa shape index (κ3) is 3.62. The van der Waals surface area contributed by atoms with Crippen molar-refractivity contribution in [1.82, 2.24) is 0 Å². The number of benzene rings is 1. The number of nitro groups is 1. The Morgan fingerprint density at radius 2 is 2.33 bits per heavy atom. The first-order chi connectivity index (χ1) is 10.0. The van der Waals surface area contributed by atoms with Gasteiger partial charge >= 0.3 is 11.7 Å². The molecule has 1 saturated heterocycles. The molecule has 1 aromatic carbocycles. The second-order valence-electron chi connectivity index (χ2n) is 5.04. The molecule has 0 spiro atoms. The van der Waals surface area contributed by atoms with Crippen molar-refractivity contribution in [2.45, 2.75) is 19.8 Å². The van der Waals surface area contributed by atoms with Crippen molar-refractivity contribution >= 4 is 17.3 Å². The SMILES string of the molecule is CCOc1cc(N2CCC(CC(=O)O)C2)ccc1[N+](=O)[O-]. The molecule has 7 heteroatoms. The van der Waals surface area contributed by atoms with Crippen LogP contribution in [0.3, 0.4) is 0 Å². The predicted octanol–water partition coefficient (Wildman–Crippen LogP) is 2.29. The minimum Gasteiger partial charge on any atom is -0.487 e. The topological polar surface area (TPSA) is 92.9 Å². The Bertz CT molecular complexity index is 546. The number of carboxylic acid groups (broad SMARTS) is 1. The Balaban J connectivity index is 2.15. The highest BCUT2D eigenvalue weighted by atomic mass is 16.6. The van der Waals surface area contributed by atoms with Crippen molar-refractivity contribution in [3.8, 4) is 5.75 Å². The molecule has 0 amide bonds. The maximum atomic E-state index is 10.9. The number of carbonyl (C=O) groups is 1. The summed E-state index contributed by atoms with van der Waals surface area (Å²) in [5, 5.41) is 19.8. The second kappa shape index (κ2) is 6.43. The fourth-order valence-electron chi connectivity index (χ4n) is 2.60. The Morgan fingerprint density at radius 3 is 2.95 bits per heavy atom. The highest BCUT2D eigenvalue weighted by Crippen LogP contribution is 2.34. The van der Waals surface area contributed by atoms with Gasteiger partial charge in [-0.05, 0) is 25.3 Å². The Morgan fingerprint density at radius 1 is 1.57 bits per heavy atom. The number of ether oxygens (including phenoxy) is 1. The molecule has 2 rings (SSSR count). The van der Waals surface area contributed by atoms with Crippen LogP contribution in [0.15, 0.2) is 18.2 Å². The monoisotopic (exact) mass is 294 g/mol. The summed E-state index contributed by atoms with van der Waals surface area (Å²) in [6, 6.07) is 4.78. The van der Waals surface area contributed by atoms with Crippen LogP contribution in [0.5, 0.6) is 5.75 Å². The summed E-state index contributed by atoms with van der Waals surface area (Å²) in [7, 11) is 0. The minimum atomic E-state index is -0.791. The number of nitro benzene ring substituents is 1. The molecule has 0 radical (unpaired) electrons. The first kappa shape index (κ1) is 15.1. The molecule has 0 aliphatic carbocycles. The molecular formula is C14H18N2O5. The number of hydrogen-bond donors (Lipinski definition) is 1. The third-order valence-corrected chi connectivity index (χ3v) is 3.55. The van der Waals surface area contributed by atoms with Gasteiger partial charge in [0, 0.05) is 37.3 Å². The molecule has 114 valence electrons. The van der Waals surface area contributed by atoms with Gasteiger partial charge in [-0.25, -0.2) is 0 Å². The minimum absolute atomic E-state index is 0.0538. The van der Waals surface area contributed by atoms with Crippen molar-refractivity contribution in [3.05, 3.63) is 28.3 Å². The zero-order valence-corrected chi connectivity index (χ0v) is 11.8. The summed E-state index contributed by atoms with van der Waals surface area (Å²) in [5.41, 5.74) is 0.777. The average Bonchev–Trinajstić information content (AvgIpc) is 2.86. The first-order valence-electron chi connectivity index (χ1n) is 6.89. The number of nitrogens with zero attached hydrogens (tertiary/aromatic N) is 2. The average molecular weight is 294 g/mol. The normalized spacial score (nSPS) is 17.8. The van der Waals surface area contributed by atoms with Gasteiger partial charge in [0.1, 0.15) is 0 Å². The van der Waals surface area contributed by atoms with E-state index in [0.717, 1.165) is 18.7 Å². The second-order valence-corrected chi connectivity index (χ2v) is 5.04. The summed E-state index contributed by atoms with van der Waals surface area (Å²) in [6.45, 7) is 3.53. The van der Waals surface area contributed by atoms with Gasteiger partial charge in [0.05, 0.1) is 11.5 Å². The standard InChI is InChI=1S/C14H18N2O5/c1-2-21-13-8-11(3-4-12(13)16(19)20)15-6-5-10(9-15)7-14(17)18/h3-4,8,10H,2,5-7,9H2,1H3,(H,17,18). The molecule has 0 bridgehead atoms. The number of anilines is 1. The van der Waals surface area contributed by atoms with Crippen LogP contribution in [0.4, 0.5) is 11.4 Å². The van der Waals surface area contributed by atoms with Crippen LogP contribution in [-0.2, 0) is 4.79 Å². The van der Waals surface area contributed by atoms with Crippen molar-refractivity contribution < 1.29 is 19.6 Å². The molecular weight excluding hydrogens is 276 g/mol. The molecule has 1 aliphatic rings. The lowest BCUT2D eigenvalue weighted by Gasteiger charge is -2.19. The summed E-state index contributed by atoms with van der Waals surface area (Å²) < 4.78 is 5.33. The Kier molecular flexibility index (Phi) is 4.62. The highest BCUT2D eigenvalue weighted by molar-refractivity contribution is 5.67. The van der Waals surface area contributed by atoms with Gasteiger partial charge < -0.3 is 14.7 Å². The van der Waals surface area contributed by atoms with Gasteiger partial charge in [0.15, 0.2) is 5.75 Å². The molecule has 0 aromatic heterocycles. The predicted molar refractivity (Wildman–Crippen MR) is 76.8 cm³/mol. The highest BCUT2D eigenvalue weighted by Gasteiger charge is 2.26. The maximum absolute atomic E-state index is 10.9. The van der Waals surface area contributed by atoms with Crippen LogP contribution in [-0.4, -0.2) is 35.7 Å².